The number of carbonyl (C=O) groups is 4. The van der Waals surface area contributed by atoms with E-state index in [9.17, 15) is 29.5 Å². The van der Waals surface area contributed by atoms with Crippen LogP contribution < -0.4 is 16.1 Å². The maximum atomic E-state index is 13.0. The molecule has 4 rings (SSSR count). The van der Waals surface area contributed by atoms with Gasteiger partial charge in [0.2, 0.25) is 0 Å². The molecule has 0 aliphatic carbocycles. The lowest BCUT2D eigenvalue weighted by Crippen LogP contribution is -2.28. The van der Waals surface area contributed by atoms with Crippen LogP contribution in [0.25, 0.3) is 0 Å². The van der Waals surface area contributed by atoms with Gasteiger partial charge in [-0.1, -0.05) is 36.4 Å². The van der Waals surface area contributed by atoms with E-state index in [0.29, 0.717) is 22.0 Å². The Balaban J connectivity index is 1.55. The molecule has 0 saturated heterocycles. The number of amides is 2. The molecule has 198 valence electrons. The summed E-state index contributed by atoms with van der Waals surface area (Å²) in [4.78, 5) is 49.4. The number of aromatic carboxylic acids is 1. The monoisotopic (exact) mass is 527 g/mol. The Kier molecular flexibility index (Phi) is 7.94. The number of hydroxylamine groups is 1. The van der Waals surface area contributed by atoms with Crippen molar-refractivity contribution in [2.45, 2.75) is 19.9 Å². The number of aromatic amines is 1. The van der Waals surface area contributed by atoms with Crippen LogP contribution in [0.1, 0.15) is 65.2 Å². The van der Waals surface area contributed by atoms with Crippen LogP contribution in [0.4, 0.5) is 11.5 Å². The van der Waals surface area contributed by atoms with Crippen molar-refractivity contribution in [2.24, 2.45) is 5.73 Å². The number of Topliss-reactive ketones (excluding diaryl/α,β-unsaturated/α-hetero) is 1. The van der Waals surface area contributed by atoms with Gasteiger partial charge in [-0.05, 0) is 48.4 Å². The highest BCUT2D eigenvalue weighted by Gasteiger charge is 2.23. The lowest BCUT2D eigenvalue weighted by Gasteiger charge is -2.13. The molecule has 11 nitrogen and oxygen atoms in total. The number of carboxylic acid groups (broad SMARTS) is 1. The first-order valence-electron chi connectivity index (χ1n) is 11.8. The second kappa shape index (κ2) is 11.5. The fourth-order valence-corrected chi connectivity index (χ4v) is 4.01. The minimum atomic E-state index is -1.26. The zero-order valence-corrected chi connectivity index (χ0v) is 20.8. The van der Waals surface area contributed by atoms with E-state index < -0.39 is 17.8 Å². The number of hydrogen-bond acceptors (Lipinski definition) is 7. The molecule has 1 aromatic heterocycles. The quantitative estimate of drug-likeness (QED) is 0.124. The summed E-state index contributed by atoms with van der Waals surface area (Å²) < 4.78 is 0. The Morgan fingerprint density at radius 3 is 2.33 bits per heavy atom. The van der Waals surface area contributed by atoms with Crippen LogP contribution in [-0.4, -0.2) is 44.1 Å². The summed E-state index contributed by atoms with van der Waals surface area (Å²) in [5.74, 6) is -3.13. The van der Waals surface area contributed by atoms with E-state index in [2.05, 4.69) is 15.5 Å². The first kappa shape index (κ1) is 26.9. The van der Waals surface area contributed by atoms with Gasteiger partial charge in [-0.25, -0.2) is 4.79 Å². The molecule has 0 fully saturated rings. The van der Waals surface area contributed by atoms with Crippen LogP contribution in [0.15, 0.2) is 72.8 Å². The van der Waals surface area contributed by atoms with Crippen LogP contribution in [0, 0.1) is 0 Å². The molecule has 0 radical (unpaired) electrons. The smallest absolute Gasteiger partial charge is 0.336 e. The van der Waals surface area contributed by atoms with Crippen LogP contribution in [-0.2, 0) is 13.0 Å². The van der Waals surface area contributed by atoms with Gasteiger partial charge in [0.25, 0.3) is 11.8 Å². The molecular weight excluding hydrogens is 502 g/mol. The number of H-pyrrole nitrogens is 1. The highest BCUT2D eigenvalue weighted by atomic mass is 16.5. The van der Waals surface area contributed by atoms with Crippen molar-refractivity contribution in [2.75, 3.05) is 10.4 Å². The predicted molar refractivity (Wildman–Crippen MR) is 142 cm³/mol. The summed E-state index contributed by atoms with van der Waals surface area (Å²) in [5, 5.41) is 29.8. The number of carbonyl (C=O) groups excluding carboxylic acids is 3. The molecular formula is C28H25N5O6. The molecule has 0 aliphatic heterocycles. The Morgan fingerprint density at radius 2 is 1.64 bits per heavy atom. The minimum absolute atomic E-state index is 0.0222. The number of nitrogens with zero attached hydrogens (tertiary/aromatic N) is 2. The predicted octanol–water partition coefficient (Wildman–Crippen LogP) is 3.65. The SMILES string of the molecule is CC(=O)c1ccccc1C(=O)N(O)c1cc(Cc2ccc(C(=O)O)c(C(=O)Nc3cccc(CN)c3)c2)[nH]n1. The van der Waals surface area contributed by atoms with Crippen molar-refractivity contribution in [1.82, 2.24) is 10.2 Å². The normalized spacial score (nSPS) is 10.6. The number of nitrogens with one attached hydrogen (secondary N) is 2. The summed E-state index contributed by atoms with van der Waals surface area (Å²) in [6.07, 6.45) is 0.182. The standard InChI is InChI=1S/C28H25N5O6/c1-16(34)21-7-2-3-8-22(21)27(36)33(39)25-14-20(31-32-25)11-17-9-10-23(28(37)38)24(13-17)26(35)30-19-6-4-5-18(12-19)15-29/h2-10,12-14,39H,11,15,29H2,1H3,(H,30,35)(H,31,32)(H,37,38). The van der Waals surface area contributed by atoms with Crippen molar-refractivity contribution in [3.8, 4) is 0 Å². The summed E-state index contributed by atoms with van der Waals surface area (Å²) >= 11 is 0. The number of anilines is 2. The molecule has 6 N–H and O–H groups in total. The molecule has 0 unspecified atom stereocenters. The molecule has 0 spiro atoms. The molecule has 11 heteroatoms. The average molecular weight is 528 g/mol. The second-order valence-electron chi connectivity index (χ2n) is 8.69. The molecule has 4 aromatic rings. The topological polar surface area (TPSA) is 179 Å². The van der Waals surface area contributed by atoms with Crippen molar-refractivity contribution in [3.05, 3.63) is 112 Å². The lowest BCUT2D eigenvalue weighted by atomic mass is 10.0. The molecule has 1 heterocycles. The third-order valence-electron chi connectivity index (χ3n) is 5.94. The minimum Gasteiger partial charge on any atom is -0.478 e. The van der Waals surface area contributed by atoms with E-state index in [1.54, 1.807) is 42.5 Å². The first-order chi connectivity index (χ1) is 18.7. The fourth-order valence-electron chi connectivity index (χ4n) is 4.01. The maximum Gasteiger partial charge on any atom is 0.336 e. The molecule has 2 amide bonds. The van der Waals surface area contributed by atoms with Gasteiger partial charge >= 0.3 is 5.97 Å². The molecule has 39 heavy (non-hydrogen) atoms. The van der Waals surface area contributed by atoms with E-state index in [-0.39, 0.29) is 46.8 Å². The van der Waals surface area contributed by atoms with Gasteiger partial charge in [0.1, 0.15) is 0 Å². The third kappa shape index (κ3) is 6.06. The van der Waals surface area contributed by atoms with Crippen molar-refractivity contribution in [1.29, 1.82) is 0 Å². The van der Waals surface area contributed by atoms with Gasteiger partial charge < -0.3 is 16.2 Å². The zero-order valence-electron chi connectivity index (χ0n) is 20.8. The highest BCUT2D eigenvalue weighted by Crippen LogP contribution is 2.21. The summed E-state index contributed by atoms with van der Waals surface area (Å²) in [6.45, 7) is 1.60. The highest BCUT2D eigenvalue weighted by molar-refractivity contribution is 6.12. The number of carboxylic acids is 1. The summed E-state index contributed by atoms with van der Waals surface area (Å²) in [6, 6.07) is 18.8. The summed E-state index contributed by atoms with van der Waals surface area (Å²) in [5.41, 5.74) is 7.95. The van der Waals surface area contributed by atoms with Gasteiger partial charge in [-0.3, -0.25) is 24.7 Å². The summed E-state index contributed by atoms with van der Waals surface area (Å²) in [7, 11) is 0. The molecule has 0 aliphatic rings. The molecule has 0 atom stereocenters. The first-order valence-corrected chi connectivity index (χ1v) is 11.8. The number of benzene rings is 3. The van der Waals surface area contributed by atoms with Crippen LogP contribution >= 0.6 is 0 Å². The van der Waals surface area contributed by atoms with Crippen LogP contribution in [0.5, 0.6) is 0 Å². The number of aromatic nitrogens is 2. The Hall–Kier alpha value is -5.13. The van der Waals surface area contributed by atoms with Crippen LogP contribution in [0.3, 0.4) is 0 Å². The van der Waals surface area contributed by atoms with Gasteiger partial charge in [0.05, 0.1) is 16.7 Å². The van der Waals surface area contributed by atoms with E-state index in [1.807, 2.05) is 0 Å². The Labute approximate surface area is 222 Å². The lowest BCUT2D eigenvalue weighted by molar-refractivity contribution is 0.0692. The largest absolute Gasteiger partial charge is 0.478 e. The van der Waals surface area contributed by atoms with Crippen molar-refractivity contribution < 1.29 is 29.5 Å². The van der Waals surface area contributed by atoms with E-state index >= 15 is 0 Å². The molecule has 3 aromatic carbocycles. The van der Waals surface area contributed by atoms with Gasteiger partial charge in [-0.2, -0.15) is 10.2 Å². The van der Waals surface area contributed by atoms with Crippen molar-refractivity contribution >= 4 is 35.1 Å². The van der Waals surface area contributed by atoms with Gasteiger partial charge in [-0.15, -0.1) is 0 Å². The number of ketones is 1. The Bertz CT molecular complexity index is 1580. The third-order valence-corrected chi connectivity index (χ3v) is 5.94. The second-order valence-corrected chi connectivity index (χ2v) is 8.69. The number of rotatable bonds is 9. The zero-order chi connectivity index (χ0) is 28.1. The van der Waals surface area contributed by atoms with Gasteiger partial charge in [0, 0.05) is 36.0 Å². The van der Waals surface area contributed by atoms with E-state index in [4.69, 9.17) is 5.73 Å². The Morgan fingerprint density at radius 1 is 0.897 bits per heavy atom. The van der Waals surface area contributed by atoms with E-state index in [1.165, 1.54) is 37.3 Å². The number of hydrogen-bond donors (Lipinski definition) is 5. The van der Waals surface area contributed by atoms with Gasteiger partial charge in [0.15, 0.2) is 11.6 Å². The number of nitrogens with two attached hydrogens (primary N) is 1. The van der Waals surface area contributed by atoms with E-state index in [0.717, 1.165) is 5.56 Å². The van der Waals surface area contributed by atoms with Crippen molar-refractivity contribution in [3.63, 3.8) is 0 Å². The molecule has 0 bridgehead atoms. The maximum absolute atomic E-state index is 13.0. The fraction of sp³-hybridized carbons (Fsp3) is 0.107. The molecule has 0 saturated carbocycles. The van der Waals surface area contributed by atoms with Crippen LogP contribution in [0.2, 0.25) is 0 Å². The average Bonchev–Trinajstić information content (AvgIpc) is 3.40.